The number of nitrogen functional groups attached to an aromatic ring is 1. The van der Waals surface area contributed by atoms with Gasteiger partial charge >= 0.3 is 0 Å². The normalized spacial score (nSPS) is 11.5. The Morgan fingerprint density at radius 1 is 1.50 bits per heavy atom. The highest BCUT2D eigenvalue weighted by Crippen LogP contribution is 2.29. The fraction of sp³-hybridized carbons (Fsp3) is 0.273. The minimum absolute atomic E-state index is 0.785. The quantitative estimate of drug-likeness (QED) is 0.750. The number of allylic oxidation sites excluding steroid dienone is 1. The van der Waals surface area contributed by atoms with Crippen molar-refractivity contribution in [3.05, 3.63) is 29.8 Å². The smallest absolute Gasteiger partial charge is 0.0577 e. The Hall–Kier alpha value is -1.09. The topological polar surface area (TPSA) is 38.0 Å². The Balaban J connectivity index is 3.12. The van der Waals surface area contributed by atoms with Gasteiger partial charge < -0.3 is 11.1 Å². The third kappa shape index (κ3) is 2.23. The third-order valence-electron chi connectivity index (χ3n) is 2.09. The van der Waals surface area contributed by atoms with Gasteiger partial charge in [0.15, 0.2) is 0 Å². The van der Waals surface area contributed by atoms with Crippen molar-refractivity contribution in [2.24, 2.45) is 0 Å². The van der Waals surface area contributed by atoms with E-state index in [1.54, 1.807) is 11.8 Å². The molecule has 76 valence electrons. The maximum Gasteiger partial charge on any atom is 0.0577 e. The molecule has 2 nitrogen and oxygen atoms in total. The predicted octanol–water partition coefficient (Wildman–Crippen LogP) is 3.03. The first-order valence-corrected chi connectivity index (χ1v) is 5.73. The summed E-state index contributed by atoms with van der Waals surface area (Å²) < 4.78 is 0. The van der Waals surface area contributed by atoms with Gasteiger partial charge in [-0.05, 0) is 30.9 Å². The highest BCUT2D eigenvalue weighted by molar-refractivity contribution is 8.07. The average molecular weight is 208 g/mol. The van der Waals surface area contributed by atoms with E-state index in [0.29, 0.717) is 0 Å². The molecule has 0 aliphatic heterocycles. The van der Waals surface area contributed by atoms with E-state index in [-0.39, 0.29) is 0 Å². The lowest BCUT2D eigenvalue weighted by Crippen LogP contribution is -1.96. The lowest BCUT2D eigenvalue weighted by atomic mass is 10.1. The van der Waals surface area contributed by atoms with Crippen molar-refractivity contribution in [2.75, 3.05) is 24.4 Å². The highest BCUT2D eigenvalue weighted by atomic mass is 32.2. The van der Waals surface area contributed by atoms with E-state index in [1.165, 1.54) is 10.5 Å². The number of hydrogen-bond acceptors (Lipinski definition) is 3. The van der Waals surface area contributed by atoms with Crippen LogP contribution in [0.5, 0.6) is 0 Å². The first kappa shape index (κ1) is 11.0. The first-order chi connectivity index (χ1) is 6.72. The summed E-state index contributed by atoms with van der Waals surface area (Å²) in [6, 6.07) is 6.05. The summed E-state index contributed by atoms with van der Waals surface area (Å²) in [4.78, 5) is 1.27. The standard InChI is InChI=1S/C11H16N2S/c1-4-11(14-3)8-5-6-9(12)10(7-8)13-2/h4-7,13H,12H2,1-3H3/b11-4-. The van der Waals surface area contributed by atoms with Gasteiger partial charge in [0.1, 0.15) is 0 Å². The molecule has 3 heteroatoms. The molecule has 0 saturated heterocycles. The molecule has 0 fully saturated rings. The van der Waals surface area contributed by atoms with Crippen molar-refractivity contribution >= 4 is 28.0 Å². The number of nitrogens with two attached hydrogens (primary N) is 1. The molecule has 0 bridgehead atoms. The molecule has 0 radical (unpaired) electrons. The van der Waals surface area contributed by atoms with Gasteiger partial charge in [0.25, 0.3) is 0 Å². The van der Waals surface area contributed by atoms with E-state index in [1.807, 2.05) is 26.1 Å². The molecular formula is C11H16N2S. The largest absolute Gasteiger partial charge is 0.397 e. The lowest BCUT2D eigenvalue weighted by Gasteiger charge is -2.09. The van der Waals surface area contributed by atoms with Crippen molar-refractivity contribution in [1.29, 1.82) is 0 Å². The van der Waals surface area contributed by atoms with Crippen LogP contribution < -0.4 is 11.1 Å². The van der Waals surface area contributed by atoms with Crippen LogP contribution in [0.2, 0.25) is 0 Å². The molecule has 0 aliphatic rings. The molecule has 0 aliphatic carbocycles. The van der Waals surface area contributed by atoms with Gasteiger partial charge in [-0.1, -0.05) is 12.1 Å². The average Bonchev–Trinajstić information content (AvgIpc) is 2.22. The number of rotatable bonds is 3. The van der Waals surface area contributed by atoms with Crippen molar-refractivity contribution in [3.63, 3.8) is 0 Å². The Morgan fingerprint density at radius 2 is 2.21 bits per heavy atom. The van der Waals surface area contributed by atoms with Gasteiger partial charge in [-0.15, -0.1) is 11.8 Å². The molecule has 3 N–H and O–H groups in total. The molecule has 0 saturated carbocycles. The molecule has 0 atom stereocenters. The molecule has 0 aromatic heterocycles. The summed E-state index contributed by atoms with van der Waals surface area (Å²) in [6.07, 6.45) is 4.18. The Morgan fingerprint density at radius 3 is 2.71 bits per heavy atom. The van der Waals surface area contributed by atoms with Gasteiger partial charge in [0, 0.05) is 12.0 Å². The van der Waals surface area contributed by atoms with Gasteiger partial charge in [0.05, 0.1) is 11.4 Å². The second kappa shape index (κ2) is 4.96. The number of benzene rings is 1. The van der Waals surface area contributed by atoms with Crippen molar-refractivity contribution in [3.8, 4) is 0 Å². The van der Waals surface area contributed by atoms with Gasteiger partial charge in [-0.2, -0.15) is 0 Å². The molecule has 0 amide bonds. The Bertz CT molecular complexity index is 345. The van der Waals surface area contributed by atoms with Crippen molar-refractivity contribution in [2.45, 2.75) is 6.92 Å². The number of thioether (sulfide) groups is 1. The zero-order valence-corrected chi connectivity index (χ0v) is 9.61. The van der Waals surface area contributed by atoms with Crippen LogP contribution in [0.25, 0.3) is 4.91 Å². The summed E-state index contributed by atoms with van der Waals surface area (Å²) in [5, 5.41) is 3.08. The van der Waals surface area contributed by atoms with Crippen LogP contribution in [0.1, 0.15) is 12.5 Å². The highest BCUT2D eigenvalue weighted by Gasteiger charge is 2.02. The monoisotopic (exact) mass is 208 g/mol. The van der Waals surface area contributed by atoms with E-state index >= 15 is 0 Å². The van der Waals surface area contributed by atoms with E-state index in [0.717, 1.165) is 11.4 Å². The molecule has 0 spiro atoms. The van der Waals surface area contributed by atoms with Crippen LogP contribution in [-0.4, -0.2) is 13.3 Å². The zero-order chi connectivity index (χ0) is 10.6. The molecule has 0 unspecified atom stereocenters. The second-order valence-corrected chi connectivity index (χ2v) is 3.76. The summed E-state index contributed by atoms with van der Waals surface area (Å²) in [6.45, 7) is 2.04. The Labute approximate surface area is 89.6 Å². The molecule has 0 heterocycles. The minimum atomic E-state index is 0.785. The summed E-state index contributed by atoms with van der Waals surface area (Å²) in [7, 11) is 1.88. The molecule has 1 aromatic carbocycles. The molecule has 1 rings (SSSR count). The summed E-state index contributed by atoms with van der Waals surface area (Å²) in [5.41, 5.74) is 8.77. The number of hydrogen-bond donors (Lipinski definition) is 2. The zero-order valence-electron chi connectivity index (χ0n) is 8.79. The van der Waals surface area contributed by atoms with E-state index in [4.69, 9.17) is 5.73 Å². The van der Waals surface area contributed by atoms with E-state index < -0.39 is 0 Å². The number of nitrogens with one attached hydrogen (secondary N) is 1. The molecule has 1 aromatic rings. The van der Waals surface area contributed by atoms with Gasteiger partial charge in [-0.25, -0.2) is 0 Å². The van der Waals surface area contributed by atoms with Gasteiger partial charge in [-0.3, -0.25) is 0 Å². The Kier molecular flexibility index (Phi) is 3.89. The lowest BCUT2D eigenvalue weighted by molar-refractivity contribution is 1.50. The fourth-order valence-electron chi connectivity index (χ4n) is 1.33. The molecule has 14 heavy (non-hydrogen) atoms. The maximum absolute atomic E-state index is 5.79. The maximum atomic E-state index is 5.79. The minimum Gasteiger partial charge on any atom is -0.397 e. The third-order valence-corrected chi connectivity index (χ3v) is 3.00. The summed E-state index contributed by atoms with van der Waals surface area (Å²) >= 11 is 1.74. The van der Waals surface area contributed by atoms with Crippen LogP contribution in [0.4, 0.5) is 11.4 Å². The fourth-order valence-corrected chi connectivity index (χ4v) is 1.93. The van der Waals surface area contributed by atoms with E-state index in [2.05, 4.69) is 23.7 Å². The van der Waals surface area contributed by atoms with Gasteiger partial charge in [0.2, 0.25) is 0 Å². The van der Waals surface area contributed by atoms with Crippen LogP contribution in [0.3, 0.4) is 0 Å². The second-order valence-electron chi connectivity index (χ2n) is 2.91. The first-order valence-electron chi connectivity index (χ1n) is 4.51. The van der Waals surface area contributed by atoms with Crippen molar-refractivity contribution < 1.29 is 0 Å². The van der Waals surface area contributed by atoms with Crippen LogP contribution in [0.15, 0.2) is 24.3 Å². The van der Waals surface area contributed by atoms with Crippen LogP contribution >= 0.6 is 11.8 Å². The SMILES string of the molecule is C/C=C(\SC)c1ccc(N)c(NC)c1. The van der Waals surface area contributed by atoms with Crippen LogP contribution in [0, 0.1) is 0 Å². The van der Waals surface area contributed by atoms with Crippen LogP contribution in [-0.2, 0) is 0 Å². The number of anilines is 2. The summed E-state index contributed by atoms with van der Waals surface area (Å²) in [5.74, 6) is 0. The molecular weight excluding hydrogens is 192 g/mol. The van der Waals surface area contributed by atoms with E-state index in [9.17, 15) is 0 Å². The van der Waals surface area contributed by atoms with Crippen molar-refractivity contribution in [1.82, 2.24) is 0 Å². The predicted molar refractivity (Wildman–Crippen MR) is 67.6 cm³/mol.